The predicted octanol–water partition coefficient (Wildman–Crippen LogP) is 3.18. The molecule has 0 aliphatic rings. The van der Waals surface area contributed by atoms with Crippen molar-refractivity contribution in [1.82, 2.24) is 0 Å². The van der Waals surface area contributed by atoms with Crippen LogP contribution < -0.4 is 0 Å². The first-order valence-corrected chi connectivity index (χ1v) is 6.45. The van der Waals surface area contributed by atoms with Crippen molar-refractivity contribution in [3.05, 3.63) is 36.4 Å². The summed E-state index contributed by atoms with van der Waals surface area (Å²) in [7, 11) is 0. The van der Waals surface area contributed by atoms with Crippen LogP contribution in [-0.2, 0) is 9.59 Å². The summed E-state index contributed by atoms with van der Waals surface area (Å²) in [5.41, 5.74) is 0.265. The zero-order valence-electron chi connectivity index (χ0n) is 10.5. The molecule has 21 heavy (non-hydrogen) atoms. The second-order valence-corrected chi connectivity index (χ2v) is 4.96. The Morgan fingerprint density at radius 3 is 1.57 bits per heavy atom. The number of aliphatic imine (C=N–C) groups is 2. The first kappa shape index (κ1) is 14.6. The van der Waals surface area contributed by atoms with Gasteiger partial charge in [-0.2, -0.15) is 9.98 Å². The fourth-order valence-corrected chi connectivity index (χ4v) is 2.44. The summed E-state index contributed by atoms with van der Waals surface area (Å²) >= 11 is 1.27. The van der Waals surface area contributed by atoms with Crippen LogP contribution in [0.2, 0.25) is 0 Å². The van der Waals surface area contributed by atoms with E-state index in [1.807, 2.05) is 0 Å². The number of isocyanates is 2. The second kappa shape index (κ2) is 6.54. The Morgan fingerprint density at radius 1 is 0.810 bits per heavy atom. The fourth-order valence-electron chi connectivity index (χ4n) is 1.56. The lowest BCUT2D eigenvalue weighted by atomic mass is 10.3. The van der Waals surface area contributed by atoms with Crippen molar-refractivity contribution in [2.45, 2.75) is 9.79 Å². The number of hydrogen-bond acceptors (Lipinski definition) is 7. The highest BCUT2D eigenvalue weighted by Crippen LogP contribution is 2.37. The van der Waals surface area contributed by atoms with Crippen LogP contribution in [0.15, 0.2) is 56.2 Å². The molecular weight excluding hydrogens is 292 g/mol. The summed E-state index contributed by atoms with van der Waals surface area (Å²) in [4.78, 5) is 28.4. The minimum Gasteiger partial charge on any atom is -0.506 e. The SMILES string of the molecule is O=C=Nc1ccc(Sc2ccc(N=C=O)c(O)c2)cc1O. The maximum absolute atomic E-state index is 10.2. The van der Waals surface area contributed by atoms with Crippen LogP contribution in [0.1, 0.15) is 0 Å². The van der Waals surface area contributed by atoms with E-state index in [-0.39, 0.29) is 22.9 Å². The molecule has 0 atom stereocenters. The molecule has 0 fully saturated rings. The standard InChI is InChI=1S/C14H8N2O4S/c17-7-15-11-3-1-9(5-13(11)19)21-10-2-4-12(16-8-18)14(20)6-10/h1-6,19-20H. The molecule has 0 saturated carbocycles. The third-order valence-corrected chi connectivity index (χ3v) is 3.44. The third-order valence-electron chi connectivity index (χ3n) is 2.46. The molecule has 0 heterocycles. The quantitative estimate of drug-likeness (QED) is 0.667. The Hall–Kier alpha value is -2.85. The number of phenols is 2. The molecule has 2 aromatic carbocycles. The van der Waals surface area contributed by atoms with Crippen molar-refractivity contribution in [2.24, 2.45) is 9.98 Å². The molecule has 2 aromatic rings. The van der Waals surface area contributed by atoms with Gasteiger partial charge in [-0.25, -0.2) is 9.59 Å². The molecular formula is C14H8N2O4S. The lowest BCUT2D eigenvalue weighted by Gasteiger charge is -2.05. The molecule has 104 valence electrons. The number of benzene rings is 2. The summed E-state index contributed by atoms with van der Waals surface area (Å²) in [6, 6.07) is 9.16. The molecule has 0 aromatic heterocycles. The van der Waals surface area contributed by atoms with Crippen LogP contribution in [0.4, 0.5) is 11.4 Å². The van der Waals surface area contributed by atoms with Gasteiger partial charge in [0.25, 0.3) is 0 Å². The van der Waals surface area contributed by atoms with Crippen molar-refractivity contribution in [1.29, 1.82) is 0 Å². The van der Waals surface area contributed by atoms with Crippen LogP contribution in [0.3, 0.4) is 0 Å². The third kappa shape index (κ3) is 3.58. The van der Waals surface area contributed by atoms with Crippen molar-refractivity contribution in [2.75, 3.05) is 0 Å². The van der Waals surface area contributed by atoms with Crippen molar-refractivity contribution < 1.29 is 19.8 Å². The highest BCUT2D eigenvalue weighted by Gasteiger charge is 2.06. The molecule has 0 aliphatic heterocycles. The van der Waals surface area contributed by atoms with Gasteiger partial charge in [0.05, 0.1) is 0 Å². The van der Waals surface area contributed by atoms with E-state index < -0.39 is 0 Å². The second-order valence-electron chi connectivity index (χ2n) is 3.81. The Labute approximate surface area is 123 Å². The summed E-state index contributed by atoms with van der Waals surface area (Å²) in [5.74, 6) is -0.288. The molecule has 0 amide bonds. The molecule has 0 aliphatic carbocycles. The lowest BCUT2D eigenvalue weighted by Crippen LogP contribution is -1.76. The molecule has 6 nitrogen and oxygen atoms in total. The van der Waals surface area contributed by atoms with Gasteiger partial charge in [-0.3, -0.25) is 0 Å². The van der Waals surface area contributed by atoms with Crippen molar-refractivity contribution in [3.8, 4) is 11.5 Å². The fraction of sp³-hybridized carbons (Fsp3) is 0. The summed E-state index contributed by atoms with van der Waals surface area (Å²) in [6.07, 6.45) is 2.71. The largest absolute Gasteiger partial charge is 0.506 e. The number of nitrogens with zero attached hydrogens (tertiary/aromatic N) is 2. The van der Waals surface area contributed by atoms with Gasteiger partial charge < -0.3 is 10.2 Å². The van der Waals surface area contributed by atoms with Crippen LogP contribution in [0.25, 0.3) is 0 Å². The van der Waals surface area contributed by atoms with E-state index in [1.54, 1.807) is 12.1 Å². The van der Waals surface area contributed by atoms with Gasteiger partial charge in [0, 0.05) is 9.79 Å². The molecule has 0 bridgehead atoms. The summed E-state index contributed by atoms with van der Waals surface area (Å²) < 4.78 is 0. The van der Waals surface area contributed by atoms with E-state index in [0.29, 0.717) is 9.79 Å². The summed E-state index contributed by atoms with van der Waals surface area (Å²) in [6.45, 7) is 0. The van der Waals surface area contributed by atoms with Crippen molar-refractivity contribution in [3.63, 3.8) is 0 Å². The number of carbonyl (C=O) groups excluding carboxylic acids is 2. The number of rotatable bonds is 4. The zero-order chi connectivity index (χ0) is 15.2. The smallest absolute Gasteiger partial charge is 0.240 e. The lowest BCUT2D eigenvalue weighted by molar-refractivity contribution is 0.475. The maximum atomic E-state index is 10.2. The van der Waals surface area contributed by atoms with Gasteiger partial charge in [0.1, 0.15) is 22.9 Å². The Morgan fingerprint density at radius 2 is 1.24 bits per heavy atom. The monoisotopic (exact) mass is 300 g/mol. The maximum Gasteiger partial charge on any atom is 0.240 e. The predicted molar refractivity (Wildman–Crippen MR) is 75.9 cm³/mol. The number of hydrogen-bond donors (Lipinski definition) is 2. The molecule has 0 radical (unpaired) electrons. The molecule has 0 unspecified atom stereocenters. The van der Waals surface area contributed by atoms with Crippen LogP contribution in [0.5, 0.6) is 11.5 Å². The number of phenolic OH excluding ortho intramolecular Hbond substituents is 2. The van der Waals surface area contributed by atoms with E-state index in [2.05, 4.69) is 9.98 Å². The molecule has 2 rings (SSSR count). The molecule has 7 heteroatoms. The van der Waals surface area contributed by atoms with E-state index >= 15 is 0 Å². The Bertz CT molecular complexity index is 713. The minimum absolute atomic E-state index is 0.132. The number of aromatic hydroxyl groups is 2. The highest BCUT2D eigenvalue weighted by molar-refractivity contribution is 7.99. The first-order chi connectivity index (χ1) is 10.1. The van der Waals surface area contributed by atoms with Crippen molar-refractivity contribution >= 4 is 35.3 Å². The first-order valence-electron chi connectivity index (χ1n) is 5.63. The van der Waals surface area contributed by atoms with E-state index in [4.69, 9.17) is 0 Å². The van der Waals surface area contributed by atoms with Gasteiger partial charge in [0.15, 0.2) is 0 Å². The van der Waals surface area contributed by atoms with E-state index in [0.717, 1.165) is 0 Å². The van der Waals surface area contributed by atoms with Gasteiger partial charge >= 0.3 is 0 Å². The van der Waals surface area contributed by atoms with E-state index in [9.17, 15) is 19.8 Å². The van der Waals surface area contributed by atoms with Crippen LogP contribution >= 0.6 is 11.8 Å². The van der Waals surface area contributed by atoms with Crippen LogP contribution in [0, 0.1) is 0 Å². The van der Waals surface area contributed by atoms with Gasteiger partial charge in [-0.05, 0) is 36.4 Å². The Kier molecular flexibility index (Phi) is 4.53. The Balaban J connectivity index is 2.26. The van der Waals surface area contributed by atoms with E-state index in [1.165, 1.54) is 48.2 Å². The van der Waals surface area contributed by atoms with Gasteiger partial charge in [-0.15, -0.1) is 0 Å². The molecule has 0 spiro atoms. The topological polar surface area (TPSA) is 99.3 Å². The van der Waals surface area contributed by atoms with Crippen LogP contribution in [-0.4, -0.2) is 22.4 Å². The highest BCUT2D eigenvalue weighted by atomic mass is 32.2. The molecule has 0 saturated heterocycles. The summed E-state index contributed by atoms with van der Waals surface area (Å²) in [5, 5.41) is 19.4. The molecule has 2 N–H and O–H groups in total. The van der Waals surface area contributed by atoms with Gasteiger partial charge in [0.2, 0.25) is 12.2 Å². The zero-order valence-corrected chi connectivity index (χ0v) is 11.3. The average Bonchev–Trinajstić information content (AvgIpc) is 2.45. The van der Waals surface area contributed by atoms with Gasteiger partial charge in [-0.1, -0.05) is 11.8 Å². The average molecular weight is 300 g/mol. The normalized spacial score (nSPS) is 9.52. The minimum atomic E-state index is -0.144.